The highest BCUT2D eigenvalue weighted by Crippen LogP contribution is 2.05. The molecule has 0 bridgehead atoms. The summed E-state index contributed by atoms with van der Waals surface area (Å²) in [4.78, 5) is 22.6. The number of carboxylic acid groups (broad SMARTS) is 1. The van der Waals surface area contributed by atoms with Crippen molar-refractivity contribution in [2.75, 3.05) is 6.54 Å². The first kappa shape index (κ1) is 14.8. The smallest absolute Gasteiger partial charge is 0.335 e. The van der Waals surface area contributed by atoms with Crippen LogP contribution in [0, 0.1) is 6.92 Å². The van der Waals surface area contributed by atoms with Gasteiger partial charge in [-0.25, -0.2) is 4.79 Å². The summed E-state index contributed by atoms with van der Waals surface area (Å²) >= 11 is 0. The highest BCUT2D eigenvalue weighted by molar-refractivity contribution is 5.92. The summed E-state index contributed by atoms with van der Waals surface area (Å²) in [5, 5.41) is 15.7. The van der Waals surface area contributed by atoms with E-state index >= 15 is 0 Å². The lowest BCUT2D eigenvalue weighted by Gasteiger charge is -2.04. The Morgan fingerprint density at radius 1 is 1.29 bits per heavy atom. The van der Waals surface area contributed by atoms with E-state index in [9.17, 15) is 9.59 Å². The molecule has 1 heterocycles. The average Bonchev–Trinajstić information content (AvgIpc) is 2.79. The molecule has 0 aliphatic rings. The highest BCUT2D eigenvalue weighted by Gasteiger charge is 2.10. The van der Waals surface area contributed by atoms with E-state index < -0.39 is 5.97 Å². The van der Waals surface area contributed by atoms with Crippen LogP contribution in [-0.4, -0.2) is 33.3 Å². The molecule has 1 amide bonds. The summed E-state index contributed by atoms with van der Waals surface area (Å²) in [5.41, 5.74) is 2.55. The van der Waals surface area contributed by atoms with Gasteiger partial charge in [0.05, 0.1) is 5.56 Å². The number of hydrogen-bond donors (Lipinski definition) is 2. The van der Waals surface area contributed by atoms with Crippen molar-refractivity contribution < 1.29 is 14.7 Å². The van der Waals surface area contributed by atoms with Crippen molar-refractivity contribution in [3.05, 3.63) is 52.8 Å². The van der Waals surface area contributed by atoms with Crippen molar-refractivity contribution in [3.63, 3.8) is 0 Å². The molecule has 0 saturated carbocycles. The lowest BCUT2D eigenvalue weighted by molar-refractivity contribution is 0.0696. The monoisotopic (exact) mass is 287 g/mol. The first-order chi connectivity index (χ1) is 9.97. The van der Waals surface area contributed by atoms with Crippen LogP contribution < -0.4 is 5.32 Å². The quantitative estimate of drug-likeness (QED) is 0.870. The third kappa shape index (κ3) is 3.68. The molecule has 2 aromatic rings. The lowest BCUT2D eigenvalue weighted by Crippen LogP contribution is -2.26. The molecule has 0 aliphatic carbocycles. The maximum atomic E-state index is 11.9. The summed E-state index contributed by atoms with van der Waals surface area (Å²) in [5.74, 6) is -1.15. The van der Waals surface area contributed by atoms with Gasteiger partial charge in [0.2, 0.25) is 0 Å². The van der Waals surface area contributed by atoms with Crippen molar-refractivity contribution in [2.24, 2.45) is 7.05 Å². The number of amides is 1. The molecule has 110 valence electrons. The molecular weight excluding hydrogens is 270 g/mol. The fourth-order valence-electron chi connectivity index (χ4n) is 1.90. The molecule has 6 heteroatoms. The van der Waals surface area contributed by atoms with Gasteiger partial charge < -0.3 is 10.4 Å². The van der Waals surface area contributed by atoms with E-state index in [2.05, 4.69) is 10.4 Å². The maximum absolute atomic E-state index is 11.9. The summed E-state index contributed by atoms with van der Waals surface area (Å²) in [7, 11) is 1.79. The molecule has 0 fully saturated rings. The van der Waals surface area contributed by atoms with Gasteiger partial charge in [-0.2, -0.15) is 5.10 Å². The van der Waals surface area contributed by atoms with Crippen LogP contribution in [0.25, 0.3) is 0 Å². The Morgan fingerprint density at radius 3 is 2.48 bits per heavy atom. The zero-order chi connectivity index (χ0) is 15.4. The number of aromatic nitrogens is 2. The van der Waals surface area contributed by atoms with Gasteiger partial charge in [-0.1, -0.05) is 12.1 Å². The molecule has 2 rings (SSSR count). The summed E-state index contributed by atoms with van der Waals surface area (Å²) in [6, 6.07) is 8.35. The number of aromatic carboxylic acids is 1. The van der Waals surface area contributed by atoms with Crippen molar-refractivity contribution in [2.45, 2.75) is 13.3 Å². The number of carbonyl (C=O) groups excluding carboxylic acids is 1. The average molecular weight is 287 g/mol. The second kappa shape index (κ2) is 6.21. The predicted molar refractivity (Wildman–Crippen MR) is 77.4 cm³/mol. The Labute approximate surface area is 122 Å². The van der Waals surface area contributed by atoms with Gasteiger partial charge in [0, 0.05) is 19.3 Å². The van der Waals surface area contributed by atoms with E-state index in [1.807, 2.05) is 6.92 Å². The van der Waals surface area contributed by atoms with Crippen LogP contribution >= 0.6 is 0 Å². The molecule has 6 nitrogen and oxygen atoms in total. The van der Waals surface area contributed by atoms with Gasteiger partial charge in [-0.05, 0) is 37.1 Å². The van der Waals surface area contributed by atoms with Gasteiger partial charge in [-0.3, -0.25) is 9.48 Å². The standard InChI is InChI=1S/C15H17N3O3/c1-10-9-13(17-18(10)2)14(19)16-8-7-11-3-5-12(6-4-11)15(20)21/h3-6,9H,7-8H2,1-2H3,(H,16,19)(H,20,21). The first-order valence-electron chi connectivity index (χ1n) is 6.58. The van der Waals surface area contributed by atoms with Crippen molar-refractivity contribution in [1.29, 1.82) is 0 Å². The third-order valence-corrected chi connectivity index (χ3v) is 3.25. The Balaban J connectivity index is 1.86. The van der Waals surface area contributed by atoms with Gasteiger partial charge in [0.15, 0.2) is 0 Å². The zero-order valence-electron chi connectivity index (χ0n) is 12.0. The molecule has 0 radical (unpaired) electrons. The van der Waals surface area contributed by atoms with E-state index in [1.54, 1.807) is 42.1 Å². The molecule has 0 atom stereocenters. The van der Waals surface area contributed by atoms with Gasteiger partial charge in [-0.15, -0.1) is 0 Å². The molecular formula is C15H17N3O3. The van der Waals surface area contributed by atoms with E-state index in [1.165, 1.54) is 0 Å². The molecule has 0 spiro atoms. The van der Waals surface area contributed by atoms with Gasteiger partial charge >= 0.3 is 5.97 Å². The fourth-order valence-corrected chi connectivity index (χ4v) is 1.90. The summed E-state index contributed by atoms with van der Waals surface area (Å²) < 4.78 is 1.65. The fraction of sp³-hybridized carbons (Fsp3) is 0.267. The second-order valence-corrected chi connectivity index (χ2v) is 4.80. The second-order valence-electron chi connectivity index (χ2n) is 4.80. The van der Waals surface area contributed by atoms with Crippen LogP contribution in [0.4, 0.5) is 0 Å². The number of rotatable bonds is 5. The molecule has 0 unspecified atom stereocenters. The third-order valence-electron chi connectivity index (χ3n) is 3.25. The van der Waals surface area contributed by atoms with Crippen molar-refractivity contribution in [1.82, 2.24) is 15.1 Å². The normalized spacial score (nSPS) is 10.4. The zero-order valence-corrected chi connectivity index (χ0v) is 12.0. The number of nitrogens with zero attached hydrogens (tertiary/aromatic N) is 2. The highest BCUT2D eigenvalue weighted by atomic mass is 16.4. The summed E-state index contributed by atoms with van der Waals surface area (Å²) in [6.45, 7) is 2.36. The molecule has 2 N–H and O–H groups in total. The van der Waals surface area contributed by atoms with Crippen molar-refractivity contribution >= 4 is 11.9 Å². The number of hydrogen-bond acceptors (Lipinski definition) is 3. The number of carboxylic acids is 1. The SMILES string of the molecule is Cc1cc(C(=O)NCCc2ccc(C(=O)O)cc2)nn1C. The number of aryl methyl sites for hydroxylation is 2. The summed E-state index contributed by atoms with van der Waals surface area (Å²) in [6.07, 6.45) is 0.636. The molecule has 1 aromatic carbocycles. The molecule has 0 aliphatic heterocycles. The van der Waals surface area contributed by atoms with Gasteiger partial charge in [0.25, 0.3) is 5.91 Å². The van der Waals surface area contributed by atoms with E-state index in [-0.39, 0.29) is 11.5 Å². The largest absolute Gasteiger partial charge is 0.478 e. The predicted octanol–water partition coefficient (Wildman–Crippen LogP) is 1.40. The van der Waals surface area contributed by atoms with Crippen LogP contribution in [0.5, 0.6) is 0 Å². The van der Waals surface area contributed by atoms with Crippen LogP contribution in [0.3, 0.4) is 0 Å². The van der Waals surface area contributed by atoms with Crippen LogP contribution in [0.2, 0.25) is 0 Å². The Bertz CT molecular complexity index is 640. The Morgan fingerprint density at radius 2 is 1.95 bits per heavy atom. The Hall–Kier alpha value is -2.63. The topological polar surface area (TPSA) is 84.2 Å². The number of nitrogens with one attached hydrogen (secondary N) is 1. The molecule has 0 saturated heterocycles. The van der Waals surface area contributed by atoms with Crippen LogP contribution in [0.15, 0.2) is 30.3 Å². The molecule has 21 heavy (non-hydrogen) atoms. The number of carbonyl (C=O) groups is 2. The Kier molecular flexibility index (Phi) is 4.37. The van der Waals surface area contributed by atoms with E-state index in [0.717, 1.165) is 11.3 Å². The minimum atomic E-state index is -0.944. The van der Waals surface area contributed by atoms with E-state index in [0.29, 0.717) is 18.7 Å². The maximum Gasteiger partial charge on any atom is 0.335 e. The van der Waals surface area contributed by atoms with E-state index in [4.69, 9.17) is 5.11 Å². The first-order valence-corrected chi connectivity index (χ1v) is 6.58. The van der Waals surface area contributed by atoms with Crippen LogP contribution in [-0.2, 0) is 13.5 Å². The van der Waals surface area contributed by atoms with Gasteiger partial charge in [0.1, 0.15) is 5.69 Å². The minimum Gasteiger partial charge on any atom is -0.478 e. The van der Waals surface area contributed by atoms with Crippen molar-refractivity contribution in [3.8, 4) is 0 Å². The lowest BCUT2D eigenvalue weighted by atomic mass is 10.1. The minimum absolute atomic E-state index is 0.208. The van der Waals surface area contributed by atoms with Crippen LogP contribution in [0.1, 0.15) is 32.1 Å². The molecule has 1 aromatic heterocycles. The number of benzene rings is 1.